The Hall–Kier alpha value is -3.00. The molecule has 0 spiro atoms. The van der Waals surface area contributed by atoms with Crippen molar-refractivity contribution in [2.45, 2.75) is 32.6 Å². The summed E-state index contributed by atoms with van der Waals surface area (Å²) in [4.78, 5) is 23.3. The van der Waals surface area contributed by atoms with Crippen LogP contribution in [0.15, 0.2) is 42.9 Å². The minimum Gasteiger partial charge on any atom is -0.372 e. The summed E-state index contributed by atoms with van der Waals surface area (Å²) < 4.78 is 7.63. The average molecular weight is 380 g/mol. The van der Waals surface area contributed by atoms with Crippen LogP contribution in [0.5, 0.6) is 0 Å². The van der Waals surface area contributed by atoms with Gasteiger partial charge in [-0.1, -0.05) is 18.2 Å². The van der Waals surface area contributed by atoms with Gasteiger partial charge in [-0.15, -0.1) is 0 Å². The predicted molar refractivity (Wildman–Crippen MR) is 106 cm³/mol. The molecule has 28 heavy (non-hydrogen) atoms. The number of carbonyl (C=O) groups is 1. The van der Waals surface area contributed by atoms with Crippen molar-refractivity contribution >= 4 is 22.8 Å². The van der Waals surface area contributed by atoms with Crippen LogP contribution >= 0.6 is 0 Å². The summed E-state index contributed by atoms with van der Waals surface area (Å²) in [5.41, 5.74) is 1.42. The first-order valence-corrected chi connectivity index (χ1v) is 9.52. The molecular weight excluding hydrogens is 356 g/mol. The number of fused-ring (bicyclic) bond motifs is 1. The van der Waals surface area contributed by atoms with Crippen molar-refractivity contribution in [2.24, 2.45) is 0 Å². The summed E-state index contributed by atoms with van der Waals surface area (Å²) in [6.07, 6.45) is 3.67. The van der Waals surface area contributed by atoms with Crippen LogP contribution in [0.2, 0.25) is 0 Å². The lowest BCUT2D eigenvalue weighted by Crippen LogP contribution is -2.45. The second-order valence-electron chi connectivity index (χ2n) is 7.09. The summed E-state index contributed by atoms with van der Waals surface area (Å²) in [7, 11) is 0. The second-order valence-corrected chi connectivity index (χ2v) is 7.09. The molecule has 3 heterocycles. The Kier molecular flexibility index (Phi) is 5.21. The van der Waals surface area contributed by atoms with Crippen LogP contribution in [-0.4, -0.2) is 57.5 Å². The Balaban J connectivity index is 1.47. The van der Waals surface area contributed by atoms with Crippen LogP contribution in [0.3, 0.4) is 0 Å². The van der Waals surface area contributed by atoms with E-state index in [1.807, 2.05) is 18.2 Å². The van der Waals surface area contributed by atoms with Gasteiger partial charge in [0.2, 0.25) is 0 Å². The number of hydrogen-bond donors (Lipinski definition) is 1. The topological polar surface area (TPSA) is 85.2 Å². The van der Waals surface area contributed by atoms with E-state index in [1.54, 1.807) is 29.3 Å². The van der Waals surface area contributed by atoms with Gasteiger partial charge < -0.3 is 15.0 Å². The molecule has 8 nitrogen and oxygen atoms in total. The Morgan fingerprint density at radius 3 is 2.68 bits per heavy atom. The van der Waals surface area contributed by atoms with Gasteiger partial charge in [-0.25, -0.2) is 14.6 Å². The van der Waals surface area contributed by atoms with E-state index < -0.39 is 0 Å². The predicted octanol–water partition coefficient (Wildman–Crippen LogP) is 1.87. The highest BCUT2D eigenvalue weighted by Crippen LogP contribution is 2.25. The fourth-order valence-corrected chi connectivity index (χ4v) is 3.61. The van der Waals surface area contributed by atoms with E-state index in [1.165, 1.54) is 0 Å². The minimum atomic E-state index is -0.0938. The summed E-state index contributed by atoms with van der Waals surface area (Å²) in [6.45, 7) is 6.72. The van der Waals surface area contributed by atoms with Crippen LogP contribution in [0.25, 0.3) is 11.0 Å². The number of anilines is 1. The number of benzene rings is 1. The largest absolute Gasteiger partial charge is 0.372 e. The SMILES string of the molecule is C[C@H]1CN(c2ncnc3c2cnn3CCNC(=O)c2ccccc2)C[C@H](C)O1. The Bertz CT molecular complexity index is 948. The standard InChI is InChI=1S/C20H24N6O2/c1-14-11-25(12-15(2)28-14)18-17-10-24-26(19(17)23-13-22-18)9-8-21-20(27)16-6-4-3-5-7-16/h3-7,10,13-15H,8-9,11-12H2,1-2H3,(H,21,27)/t14-,15-/m0/s1. The van der Waals surface area contributed by atoms with Gasteiger partial charge in [0.05, 0.1) is 30.3 Å². The molecule has 3 aromatic rings. The molecule has 1 saturated heterocycles. The highest BCUT2D eigenvalue weighted by Gasteiger charge is 2.25. The van der Waals surface area contributed by atoms with Gasteiger partial charge in [0.15, 0.2) is 5.65 Å². The van der Waals surface area contributed by atoms with Crippen molar-refractivity contribution in [2.75, 3.05) is 24.5 Å². The molecule has 0 saturated carbocycles. The number of ether oxygens (including phenoxy) is 1. The van der Waals surface area contributed by atoms with Crippen molar-refractivity contribution in [1.29, 1.82) is 0 Å². The summed E-state index contributed by atoms with van der Waals surface area (Å²) in [5.74, 6) is 0.787. The van der Waals surface area contributed by atoms with Crippen molar-refractivity contribution in [3.63, 3.8) is 0 Å². The lowest BCUT2D eigenvalue weighted by molar-refractivity contribution is -0.00537. The van der Waals surface area contributed by atoms with Gasteiger partial charge in [0.25, 0.3) is 5.91 Å². The number of morpholine rings is 1. The maximum absolute atomic E-state index is 12.2. The number of aromatic nitrogens is 4. The molecule has 0 bridgehead atoms. The van der Waals surface area contributed by atoms with Crippen LogP contribution < -0.4 is 10.2 Å². The van der Waals surface area contributed by atoms with Crippen molar-refractivity contribution in [3.05, 3.63) is 48.4 Å². The van der Waals surface area contributed by atoms with Gasteiger partial charge in [-0.3, -0.25) is 4.79 Å². The van der Waals surface area contributed by atoms with Crippen LogP contribution in [0, 0.1) is 0 Å². The van der Waals surface area contributed by atoms with Crippen LogP contribution in [0.4, 0.5) is 5.82 Å². The number of rotatable bonds is 5. The number of amides is 1. The molecule has 8 heteroatoms. The van der Waals surface area contributed by atoms with Crippen LogP contribution in [-0.2, 0) is 11.3 Å². The molecule has 1 N–H and O–H groups in total. The van der Waals surface area contributed by atoms with Crippen LogP contribution in [0.1, 0.15) is 24.2 Å². The number of nitrogens with zero attached hydrogens (tertiary/aromatic N) is 5. The molecule has 1 amide bonds. The molecule has 1 fully saturated rings. The molecule has 1 aromatic carbocycles. The smallest absolute Gasteiger partial charge is 0.251 e. The molecule has 0 radical (unpaired) electrons. The normalized spacial score (nSPS) is 19.7. The zero-order valence-electron chi connectivity index (χ0n) is 16.1. The van der Waals surface area contributed by atoms with E-state index in [9.17, 15) is 4.79 Å². The highest BCUT2D eigenvalue weighted by molar-refractivity contribution is 5.94. The van der Waals surface area contributed by atoms with E-state index in [4.69, 9.17) is 4.74 Å². The van der Waals surface area contributed by atoms with Gasteiger partial charge in [0.1, 0.15) is 12.1 Å². The minimum absolute atomic E-state index is 0.0938. The van der Waals surface area contributed by atoms with Gasteiger partial charge in [-0.2, -0.15) is 5.10 Å². The molecule has 146 valence electrons. The van der Waals surface area contributed by atoms with Gasteiger partial charge in [0, 0.05) is 25.2 Å². The number of carbonyl (C=O) groups excluding carboxylic acids is 1. The molecule has 0 unspecified atom stereocenters. The molecule has 1 aliphatic heterocycles. The molecule has 2 aromatic heterocycles. The van der Waals surface area contributed by atoms with E-state index in [0.29, 0.717) is 18.7 Å². The fraction of sp³-hybridized carbons (Fsp3) is 0.400. The molecule has 1 aliphatic rings. The quantitative estimate of drug-likeness (QED) is 0.727. The van der Waals surface area contributed by atoms with Gasteiger partial charge >= 0.3 is 0 Å². The second kappa shape index (κ2) is 7.93. The Morgan fingerprint density at radius 1 is 1.18 bits per heavy atom. The van der Waals surface area contributed by atoms with Crippen molar-refractivity contribution in [1.82, 2.24) is 25.1 Å². The third-order valence-electron chi connectivity index (χ3n) is 4.78. The summed E-state index contributed by atoms with van der Waals surface area (Å²) >= 11 is 0. The third-order valence-corrected chi connectivity index (χ3v) is 4.78. The zero-order chi connectivity index (χ0) is 19.5. The first-order chi connectivity index (χ1) is 13.6. The molecule has 0 aliphatic carbocycles. The monoisotopic (exact) mass is 380 g/mol. The number of hydrogen-bond acceptors (Lipinski definition) is 6. The van der Waals surface area contributed by atoms with Crippen molar-refractivity contribution < 1.29 is 9.53 Å². The lowest BCUT2D eigenvalue weighted by atomic mass is 10.2. The van der Waals surface area contributed by atoms with E-state index >= 15 is 0 Å². The van der Waals surface area contributed by atoms with Gasteiger partial charge in [-0.05, 0) is 26.0 Å². The lowest BCUT2D eigenvalue weighted by Gasteiger charge is -2.36. The number of nitrogens with one attached hydrogen (secondary N) is 1. The summed E-state index contributed by atoms with van der Waals surface area (Å²) in [6, 6.07) is 9.17. The first-order valence-electron chi connectivity index (χ1n) is 9.52. The van der Waals surface area contributed by atoms with E-state index in [2.05, 4.69) is 39.1 Å². The Labute approximate surface area is 163 Å². The maximum atomic E-state index is 12.2. The molecule has 2 atom stereocenters. The highest BCUT2D eigenvalue weighted by atomic mass is 16.5. The average Bonchev–Trinajstić information content (AvgIpc) is 3.11. The maximum Gasteiger partial charge on any atom is 0.251 e. The van der Waals surface area contributed by atoms with Crippen molar-refractivity contribution in [3.8, 4) is 0 Å². The van der Waals surface area contributed by atoms with E-state index in [0.717, 1.165) is 29.9 Å². The third kappa shape index (κ3) is 3.82. The zero-order valence-corrected chi connectivity index (χ0v) is 16.1. The first kappa shape index (κ1) is 18.4. The molecule has 4 rings (SSSR count). The van der Waals surface area contributed by atoms with E-state index in [-0.39, 0.29) is 18.1 Å². The molecular formula is C20H24N6O2. The Morgan fingerprint density at radius 2 is 1.93 bits per heavy atom. The summed E-state index contributed by atoms with van der Waals surface area (Å²) in [5, 5.41) is 8.30. The fourth-order valence-electron chi connectivity index (χ4n) is 3.61.